The van der Waals surface area contributed by atoms with Crippen LogP contribution in [-0.4, -0.2) is 18.7 Å². The molecule has 3 nitrogen and oxygen atoms in total. The zero-order valence-electron chi connectivity index (χ0n) is 17.4. The first kappa shape index (κ1) is 21.5. The SMILES string of the molecule is COc1ccc(C(=O)CCCCCC2C=CC(C(=O)C=Cc3ccccc3)=C2)cc1. The summed E-state index contributed by atoms with van der Waals surface area (Å²) in [6.45, 7) is 0. The van der Waals surface area contributed by atoms with Gasteiger partial charge in [0.15, 0.2) is 11.6 Å². The Morgan fingerprint density at radius 1 is 0.967 bits per heavy atom. The third-order valence-corrected chi connectivity index (χ3v) is 5.28. The fraction of sp³-hybridized carbons (Fsp3) is 0.259. The number of unbranched alkanes of at least 4 members (excludes halogenated alkanes) is 2. The van der Waals surface area contributed by atoms with Crippen molar-refractivity contribution in [3.63, 3.8) is 0 Å². The van der Waals surface area contributed by atoms with Crippen molar-refractivity contribution >= 4 is 17.6 Å². The largest absolute Gasteiger partial charge is 0.497 e. The highest BCUT2D eigenvalue weighted by Crippen LogP contribution is 2.23. The molecular weight excluding hydrogens is 372 g/mol. The van der Waals surface area contributed by atoms with E-state index in [9.17, 15) is 9.59 Å². The van der Waals surface area contributed by atoms with Gasteiger partial charge in [0.2, 0.25) is 0 Å². The number of ether oxygens (including phenoxy) is 1. The molecule has 0 bridgehead atoms. The minimum atomic E-state index is 0.0442. The van der Waals surface area contributed by atoms with Crippen LogP contribution < -0.4 is 4.74 Å². The van der Waals surface area contributed by atoms with E-state index in [2.05, 4.69) is 12.2 Å². The molecule has 30 heavy (non-hydrogen) atoms. The number of allylic oxidation sites excluding steroid dienone is 5. The maximum Gasteiger partial charge on any atom is 0.185 e. The lowest BCUT2D eigenvalue weighted by Crippen LogP contribution is -1.99. The average molecular weight is 401 g/mol. The first-order chi connectivity index (χ1) is 14.7. The third kappa shape index (κ3) is 6.41. The first-order valence-corrected chi connectivity index (χ1v) is 10.5. The molecule has 0 heterocycles. The van der Waals surface area contributed by atoms with Crippen LogP contribution in [-0.2, 0) is 4.79 Å². The molecule has 0 amide bonds. The summed E-state index contributed by atoms with van der Waals surface area (Å²) in [5.74, 6) is 1.29. The van der Waals surface area contributed by atoms with Gasteiger partial charge in [-0.25, -0.2) is 0 Å². The van der Waals surface area contributed by atoms with Crippen molar-refractivity contribution in [2.45, 2.75) is 32.1 Å². The third-order valence-electron chi connectivity index (χ3n) is 5.28. The molecule has 1 aliphatic carbocycles. The Hall–Kier alpha value is -3.20. The highest BCUT2D eigenvalue weighted by molar-refractivity contribution is 6.08. The topological polar surface area (TPSA) is 43.4 Å². The van der Waals surface area contributed by atoms with E-state index in [1.165, 1.54) is 0 Å². The van der Waals surface area contributed by atoms with Gasteiger partial charge in [0.05, 0.1) is 7.11 Å². The Kier molecular flexibility index (Phi) is 7.96. The summed E-state index contributed by atoms with van der Waals surface area (Å²) >= 11 is 0. The van der Waals surface area contributed by atoms with Gasteiger partial charge >= 0.3 is 0 Å². The molecular formula is C27H28O3. The van der Waals surface area contributed by atoms with Gasteiger partial charge in [0.25, 0.3) is 0 Å². The average Bonchev–Trinajstić information content (AvgIpc) is 3.27. The van der Waals surface area contributed by atoms with Crippen LogP contribution >= 0.6 is 0 Å². The number of Topliss-reactive ketones (excluding diaryl/α,β-unsaturated/α-hetero) is 1. The minimum absolute atomic E-state index is 0.0442. The number of hydrogen-bond acceptors (Lipinski definition) is 3. The molecule has 0 saturated heterocycles. The van der Waals surface area contributed by atoms with Crippen LogP contribution in [0.3, 0.4) is 0 Å². The molecule has 0 N–H and O–H groups in total. The van der Waals surface area contributed by atoms with Crippen LogP contribution in [0.4, 0.5) is 0 Å². The predicted molar refractivity (Wildman–Crippen MR) is 122 cm³/mol. The molecule has 3 rings (SSSR count). The van der Waals surface area contributed by atoms with E-state index < -0.39 is 0 Å². The van der Waals surface area contributed by atoms with Crippen molar-refractivity contribution < 1.29 is 14.3 Å². The Balaban J connectivity index is 1.36. The summed E-state index contributed by atoms with van der Waals surface area (Å²) in [5.41, 5.74) is 2.53. The van der Waals surface area contributed by atoms with E-state index in [1.54, 1.807) is 13.2 Å². The molecule has 0 radical (unpaired) electrons. The van der Waals surface area contributed by atoms with Crippen molar-refractivity contribution in [1.29, 1.82) is 0 Å². The Labute approximate surface area is 178 Å². The summed E-state index contributed by atoms with van der Waals surface area (Å²) < 4.78 is 5.12. The lowest BCUT2D eigenvalue weighted by atomic mass is 9.99. The Morgan fingerprint density at radius 2 is 1.73 bits per heavy atom. The van der Waals surface area contributed by atoms with Gasteiger partial charge in [-0.05, 0) is 54.7 Å². The molecule has 0 spiro atoms. The zero-order valence-corrected chi connectivity index (χ0v) is 17.4. The molecule has 0 fully saturated rings. The van der Waals surface area contributed by atoms with Crippen LogP contribution in [0.25, 0.3) is 6.08 Å². The number of methoxy groups -OCH3 is 1. The second-order valence-corrected chi connectivity index (χ2v) is 7.50. The van der Waals surface area contributed by atoms with E-state index >= 15 is 0 Å². The van der Waals surface area contributed by atoms with Crippen LogP contribution in [0.2, 0.25) is 0 Å². The number of hydrogen-bond donors (Lipinski definition) is 0. The van der Waals surface area contributed by atoms with E-state index in [0.717, 1.165) is 48.1 Å². The first-order valence-electron chi connectivity index (χ1n) is 10.5. The van der Waals surface area contributed by atoms with E-state index in [4.69, 9.17) is 4.74 Å². The van der Waals surface area contributed by atoms with Crippen LogP contribution in [0.15, 0.2) is 84.5 Å². The molecule has 1 unspecified atom stereocenters. The number of carbonyl (C=O) groups excluding carboxylic acids is 2. The smallest absolute Gasteiger partial charge is 0.185 e. The van der Waals surface area contributed by atoms with Crippen molar-refractivity contribution in [2.24, 2.45) is 5.92 Å². The molecule has 0 aromatic heterocycles. The molecule has 2 aromatic rings. The van der Waals surface area contributed by atoms with E-state index in [1.807, 2.05) is 66.7 Å². The van der Waals surface area contributed by atoms with Gasteiger partial charge in [0.1, 0.15) is 5.75 Å². The van der Waals surface area contributed by atoms with Gasteiger partial charge in [-0.2, -0.15) is 0 Å². The summed E-state index contributed by atoms with van der Waals surface area (Å²) in [7, 11) is 1.62. The summed E-state index contributed by atoms with van der Waals surface area (Å²) in [5, 5.41) is 0. The standard InChI is InChI=1S/C27H28O3/c1-30-25-17-15-23(16-18-25)26(28)11-7-3-6-10-22-12-14-24(20-22)27(29)19-13-21-8-4-2-5-9-21/h2,4-5,8-9,12-20,22H,3,6-7,10-11H2,1H3. The molecule has 0 aliphatic heterocycles. The molecule has 0 saturated carbocycles. The maximum absolute atomic E-state index is 12.3. The molecule has 1 atom stereocenters. The van der Waals surface area contributed by atoms with Gasteiger partial charge in [-0.15, -0.1) is 0 Å². The van der Waals surface area contributed by atoms with Crippen molar-refractivity contribution in [3.8, 4) is 5.75 Å². The van der Waals surface area contributed by atoms with Crippen molar-refractivity contribution in [3.05, 3.63) is 95.6 Å². The normalized spacial score (nSPS) is 15.4. The lowest BCUT2D eigenvalue weighted by Gasteiger charge is -2.06. The molecule has 2 aromatic carbocycles. The zero-order chi connectivity index (χ0) is 21.2. The number of ketones is 2. The fourth-order valence-corrected chi connectivity index (χ4v) is 3.51. The highest BCUT2D eigenvalue weighted by atomic mass is 16.5. The summed E-state index contributed by atoms with van der Waals surface area (Å²) in [4.78, 5) is 24.6. The molecule has 3 heteroatoms. The van der Waals surface area contributed by atoms with E-state index in [-0.39, 0.29) is 11.6 Å². The maximum atomic E-state index is 12.3. The summed E-state index contributed by atoms with van der Waals surface area (Å²) in [6.07, 6.45) is 14.1. The molecule has 154 valence electrons. The van der Waals surface area contributed by atoms with Crippen LogP contribution in [0, 0.1) is 5.92 Å². The quantitative estimate of drug-likeness (QED) is 0.255. The van der Waals surface area contributed by atoms with Crippen LogP contribution in [0.5, 0.6) is 5.75 Å². The Morgan fingerprint density at radius 3 is 2.47 bits per heavy atom. The van der Waals surface area contributed by atoms with Gasteiger partial charge in [-0.3, -0.25) is 9.59 Å². The monoisotopic (exact) mass is 400 g/mol. The van der Waals surface area contributed by atoms with E-state index in [0.29, 0.717) is 12.3 Å². The predicted octanol–water partition coefficient (Wildman–Crippen LogP) is 6.22. The van der Waals surface area contributed by atoms with Gasteiger partial charge < -0.3 is 4.74 Å². The lowest BCUT2D eigenvalue weighted by molar-refractivity contribution is -0.111. The van der Waals surface area contributed by atoms with Crippen molar-refractivity contribution in [1.82, 2.24) is 0 Å². The van der Waals surface area contributed by atoms with Crippen molar-refractivity contribution in [2.75, 3.05) is 7.11 Å². The van der Waals surface area contributed by atoms with Gasteiger partial charge in [-0.1, -0.05) is 67.5 Å². The minimum Gasteiger partial charge on any atom is -0.497 e. The highest BCUT2D eigenvalue weighted by Gasteiger charge is 2.13. The number of carbonyl (C=O) groups is 2. The Bertz CT molecular complexity index is 934. The number of rotatable bonds is 11. The second-order valence-electron chi connectivity index (χ2n) is 7.50. The van der Waals surface area contributed by atoms with Gasteiger partial charge in [0, 0.05) is 17.6 Å². The number of benzene rings is 2. The van der Waals surface area contributed by atoms with Crippen LogP contribution in [0.1, 0.15) is 48.0 Å². The molecule has 1 aliphatic rings. The fourth-order valence-electron chi connectivity index (χ4n) is 3.51. The summed E-state index contributed by atoms with van der Waals surface area (Å²) in [6, 6.07) is 17.1. The second kappa shape index (κ2) is 11.1.